The van der Waals surface area contributed by atoms with Crippen LogP contribution in [-0.2, 0) is 11.3 Å². The second-order valence-corrected chi connectivity index (χ2v) is 3.02. The molecule has 0 spiro atoms. The van der Waals surface area contributed by atoms with Gasteiger partial charge in [-0.1, -0.05) is 30.4 Å². The molecule has 0 aromatic carbocycles. The van der Waals surface area contributed by atoms with Crippen LogP contribution in [0.2, 0.25) is 0 Å². The van der Waals surface area contributed by atoms with Crippen LogP contribution in [0.15, 0.2) is 42.3 Å². The summed E-state index contributed by atoms with van der Waals surface area (Å²) in [5.74, 6) is -0.0405. The molecule has 5 nitrogen and oxygen atoms in total. The minimum absolute atomic E-state index is 0.0405. The van der Waals surface area contributed by atoms with Crippen molar-refractivity contribution in [2.75, 3.05) is 0 Å². The molecule has 0 aliphatic heterocycles. The highest BCUT2D eigenvalue weighted by atomic mass is 16.1. The van der Waals surface area contributed by atoms with Gasteiger partial charge in [-0.15, -0.1) is 10.2 Å². The van der Waals surface area contributed by atoms with Gasteiger partial charge in [0.15, 0.2) is 12.1 Å². The largest absolute Gasteiger partial charge is 0.292 e. The number of nitrogens with zero attached hydrogens (tertiary/aromatic N) is 4. The number of rotatable bonds is 5. The highest BCUT2D eigenvalue weighted by Crippen LogP contribution is 2.00. The van der Waals surface area contributed by atoms with Gasteiger partial charge in [0.2, 0.25) is 0 Å². The van der Waals surface area contributed by atoms with E-state index in [0.717, 1.165) is 0 Å². The van der Waals surface area contributed by atoms with Gasteiger partial charge in [0, 0.05) is 5.57 Å². The van der Waals surface area contributed by atoms with Gasteiger partial charge in [-0.3, -0.25) is 4.79 Å². The molecule has 1 aromatic rings. The monoisotopic (exact) mass is 218 g/mol. The molecule has 0 aliphatic carbocycles. The average Bonchev–Trinajstić information content (AvgIpc) is 2.77. The molecule has 1 aromatic heterocycles. The van der Waals surface area contributed by atoms with Crippen LogP contribution < -0.4 is 0 Å². The van der Waals surface area contributed by atoms with Crippen LogP contribution in [0.4, 0.5) is 0 Å². The maximum atomic E-state index is 11.8. The summed E-state index contributed by atoms with van der Waals surface area (Å²) in [5, 5.41) is 11.0. The molecule has 1 rings (SSSR count). The van der Waals surface area contributed by atoms with Gasteiger partial charge in [-0.05, 0) is 19.1 Å². The van der Waals surface area contributed by atoms with E-state index in [1.807, 2.05) is 32.1 Å². The van der Waals surface area contributed by atoms with E-state index in [9.17, 15) is 4.79 Å². The number of allylic oxidation sites excluding steroid dienone is 6. The third-order valence-electron chi connectivity index (χ3n) is 1.89. The molecular weight excluding hydrogens is 204 g/mol. The molecule has 0 bridgehead atoms. The summed E-state index contributed by atoms with van der Waals surface area (Å²) in [7, 11) is 0. The summed E-state index contributed by atoms with van der Waals surface area (Å²) >= 11 is 0. The molecule has 0 saturated carbocycles. The highest BCUT2D eigenvalue weighted by Gasteiger charge is 2.07. The fourth-order valence-electron chi connectivity index (χ4n) is 1.10. The van der Waals surface area contributed by atoms with E-state index >= 15 is 0 Å². The first kappa shape index (κ1) is 12.0. The lowest BCUT2D eigenvalue weighted by molar-refractivity contribution is -0.116. The van der Waals surface area contributed by atoms with Crippen molar-refractivity contribution in [2.45, 2.75) is 20.4 Å². The Balaban J connectivity index is 2.64. The maximum Gasteiger partial charge on any atom is 0.185 e. The van der Waals surface area contributed by atoms with Crippen LogP contribution >= 0.6 is 0 Å². The normalized spacial score (nSPS) is 12.8. The average molecular weight is 218 g/mol. The fourth-order valence-corrected chi connectivity index (χ4v) is 1.10. The third kappa shape index (κ3) is 3.61. The minimum atomic E-state index is -0.0405. The minimum Gasteiger partial charge on any atom is -0.292 e. The molecule has 0 fully saturated rings. The number of carbonyl (C=O) groups excluding carboxylic acids is 1. The first-order valence-corrected chi connectivity index (χ1v) is 4.97. The van der Waals surface area contributed by atoms with Crippen LogP contribution in [0.3, 0.4) is 0 Å². The van der Waals surface area contributed by atoms with Gasteiger partial charge >= 0.3 is 0 Å². The number of Topliss-reactive ketones (excluding diaryl/α,β-unsaturated/α-hetero) is 1. The quantitative estimate of drug-likeness (QED) is 0.552. The van der Waals surface area contributed by atoms with Crippen LogP contribution in [0.25, 0.3) is 0 Å². The van der Waals surface area contributed by atoms with Gasteiger partial charge in [-0.2, -0.15) is 4.80 Å². The summed E-state index contributed by atoms with van der Waals surface area (Å²) in [4.78, 5) is 13.0. The van der Waals surface area contributed by atoms with E-state index < -0.39 is 0 Å². The second kappa shape index (κ2) is 6.44. The molecule has 0 radical (unpaired) electrons. The van der Waals surface area contributed by atoms with Gasteiger partial charge in [0.1, 0.15) is 6.54 Å². The summed E-state index contributed by atoms with van der Waals surface area (Å²) in [6.45, 7) is 3.85. The Hall–Kier alpha value is -2.04. The van der Waals surface area contributed by atoms with Crippen LogP contribution in [-0.4, -0.2) is 26.0 Å². The molecule has 1 heterocycles. The Morgan fingerprint density at radius 1 is 1.38 bits per heavy atom. The smallest absolute Gasteiger partial charge is 0.185 e. The van der Waals surface area contributed by atoms with E-state index in [4.69, 9.17) is 0 Å². The van der Waals surface area contributed by atoms with Crippen LogP contribution in [0, 0.1) is 0 Å². The summed E-state index contributed by atoms with van der Waals surface area (Å²) in [6.07, 6.45) is 10.4. The summed E-state index contributed by atoms with van der Waals surface area (Å²) < 4.78 is 0. The SMILES string of the molecule is C\C=C/C=C\C(=C/C)C(=O)Cn1ncnn1. The predicted molar refractivity (Wildman–Crippen MR) is 60.5 cm³/mol. The number of aromatic nitrogens is 4. The van der Waals surface area contributed by atoms with E-state index in [1.165, 1.54) is 11.1 Å². The molecule has 0 atom stereocenters. The first-order valence-electron chi connectivity index (χ1n) is 4.97. The summed E-state index contributed by atoms with van der Waals surface area (Å²) in [6, 6.07) is 0. The zero-order chi connectivity index (χ0) is 11.8. The van der Waals surface area contributed by atoms with Crippen molar-refractivity contribution >= 4 is 5.78 Å². The Morgan fingerprint density at radius 3 is 2.75 bits per heavy atom. The zero-order valence-corrected chi connectivity index (χ0v) is 9.37. The van der Waals surface area contributed by atoms with E-state index in [2.05, 4.69) is 15.4 Å². The molecule has 16 heavy (non-hydrogen) atoms. The number of ketones is 1. The van der Waals surface area contributed by atoms with Crippen LogP contribution in [0.5, 0.6) is 0 Å². The summed E-state index contributed by atoms with van der Waals surface area (Å²) in [5.41, 5.74) is 0.635. The molecule has 84 valence electrons. The highest BCUT2D eigenvalue weighted by molar-refractivity contribution is 5.97. The van der Waals surface area contributed by atoms with Crippen LogP contribution in [0.1, 0.15) is 13.8 Å². The Kier molecular flexibility index (Phi) is 4.85. The predicted octanol–water partition coefficient (Wildman–Crippen LogP) is 1.32. The van der Waals surface area contributed by atoms with Crippen molar-refractivity contribution in [2.24, 2.45) is 0 Å². The topological polar surface area (TPSA) is 60.7 Å². The standard InChI is InChI=1S/C11H14N4O/c1-3-5-6-7-10(4-2)11(16)8-15-13-9-12-14-15/h3-7,9H,8H2,1-2H3/b5-3-,7-6-,10-4+. The van der Waals surface area contributed by atoms with Crippen molar-refractivity contribution in [3.63, 3.8) is 0 Å². The maximum absolute atomic E-state index is 11.8. The van der Waals surface area contributed by atoms with E-state index in [-0.39, 0.29) is 12.3 Å². The van der Waals surface area contributed by atoms with Gasteiger partial charge in [0.25, 0.3) is 0 Å². The van der Waals surface area contributed by atoms with Crippen molar-refractivity contribution in [3.05, 3.63) is 42.3 Å². The van der Waals surface area contributed by atoms with Gasteiger partial charge in [0.05, 0.1) is 0 Å². The lowest BCUT2D eigenvalue weighted by Gasteiger charge is -1.99. The molecule has 0 N–H and O–H groups in total. The Bertz CT molecular complexity index is 415. The van der Waals surface area contributed by atoms with Crippen molar-refractivity contribution in [1.82, 2.24) is 20.2 Å². The lowest BCUT2D eigenvalue weighted by Crippen LogP contribution is -2.14. The third-order valence-corrected chi connectivity index (χ3v) is 1.89. The first-order chi connectivity index (χ1) is 7.77. The molecule has 0 aliphatic rings. The Morgan fingerprint density at radius 2 is 2.19 bits per heavy atom. The molecule has 0 saturated heterocycles. The molecular formula is C11H14N4O. The van der Waals surface area contributed by atoms with Gasteiger partial charge in [-0.25, -0.2) is 0 Å². The molecule has 5 heteroatoms. The molecule has 0 unspecified atom stereocenters. The zero-order valence-electron chi connectivity index (χ0n) is 9.37. The van der Waals surface area contributed by atoms with E-state index in [1.54, 1.807) is 12.2 Å². The van der Waals surface area contributed by atoms with E-state index in [0.29, 0.717) is 5.57 Å². The van der Waals surface area contributed by atoms with Crippen molar-refractivity contribution in [1.29, 1.82) is 0 Å². The van der Waals surface area contributed by atoms with Crippen molar-refractivity contribution in [3.8, 4) is 0 Å². The number of tetrazole rings is 1. The number of carbonyl (C=O) groups is 1. The number of hydrogen-bond donors (Lipinski definition) is 0. The fraction of sp³-hybridized carbons (Fsp3) is 0.273. The van der Waals surface area contributed by atoms with Gasteiger partial charge < -0.3 is 0 Å². The second-order valence-electron chi connectivity index (χ2n) is 3.02. The molecule has 0 amide bonds. The Labute approximate surface area is 94.2 Å². The number of hydrogen-bond acceptors (Lipinski definition) is 4. The lowest BCUT2D eigenvalue weighted by atomic mass is 10.1. The van der Waals surface area contributed by atoms with Crippen molar-refractivity contribution < 1.29 is 4.79 Å².